The molecule has 1 saturated heterocycles. The first-order valence-corrected chi connectivity index (χ1v) is 9.67. The van der Waals surface area contributed by atoms with Crippen LogP contribution in [0.5, 0.6) is 11.5 Å². The summed E-state index contributed by atoms with van der Waals surface area (Å²) in [5, 5.41) is 11.5. The zero-order chi connectivity index (χ0) is 21.1. The van der Waals surface area contributed by atoms with Crippen molar-refractivity contribution in [1.82, 2.24) is 4.90 Å². The number of fused-ring (bicyclic) bond motifs is 1. The third-order valence-corrected chi connectivity index (χ3v) is 5.13. The van der Waals surface area contributed by atoms with E-state index in [-0.39, 0.29) is 29.8 Å². The van der Waals surface area contributed by atoms with E-state index in [0.717, 1.165) is 25.3 Å². The molecule has 1 amide bonds. The number of benzene rings is 2. The summed E-state index contributed by atoms with van der Waals surface area (Å²) in [6, 6.07) is 11.0. The lowest BCUT2D eigenvalue weighted by Crippen LogP contribution is -2.40. The highest BCUT2D eigenvalue weighted by molar-refractivity contribution is 5.97. The zero-order valence-electron chi connectivity index (χ0n) is 16.1. The van der Waals surface area contributed by atoms with E-state index in [2.05, 4.69) is 0 Å². The monoisotopic (exact) mass is 412 g/mol. The topological polar surface area (TPSA) is 108 Å². The van der Waals surface area contributed by atoms with Gasteiger partial charge in [0.2, 0.25) is 12.9 Å². The maximum atomic E-state index is 13.1. The van der Waals surface area contributed by atoms with Crippen molar-refractivity contribution < 1.29 is 28.7 Å². The number of likely N-dealkylation sites (tertiary alicyclic amines) is 1. The van der Waals surface area contributed by atoms with Crippen molar-refractivity contribution in [3.8, 4) is 11.5 Å². The summed E-state index contributed by atoms with van der Waals surface area (Å²) in [5.41, 5.74) is -0.261. The molecule has 1 atom stereocenters. The normalized spacial score (nSPS) is 16.1. The minimum absolute atomic E-state index is 0.0922. The number of nitro benzene ring substituents is 1. The average molecular weight is 412 g/mol. The molecular formula is C21H20N2O7. The van der Waals surface area contributed by atoms with Crippen LogP contribution in [0.2, 0.25) is 0 Å². The van der Waals surface area contributed by atoms with Crippen LogP contribution in [-0.4, -0.2) is 41.6 Å². The smallest absolute Gasteiger partial charge is 0.346 e. The summed E-state index contributed by atoms with van der Waals surface area (Å²) >= 11 is 0. The van der Waals surface area contributed by atoms with E-state index in [1.807, 2.05) is 0 Å². The van der Waals surface area contributed by atoms with E-state index in [1.54, 1.807) is 35.2 Å². The lowest BCUT2D eigenvalue weighted by Gasteiger charge is -2.30. The number of rotatable bonds is 5. The van der Waals surface area contributed by atoms with Gasteiger partial charge in [-0.1, -0.05) is 30.3 Å². The molecule has 9 heteroatoms. The third-order valence-electron chi connectivity index (χ3n) is 5.13. The van der Waals surface area contributed by atoms with Gasteiger partial charge in [0, 0.05) is 24.7 Å². The largest absolute Gasteiger partial charge is 0.454 e. The first-order chi connectivity index (χ1) is 14.5. The molecule has 4 rings (SSSR count). The summed E-state index contributed by atoms with van der Waals surface area (Å²) in [4.78, 5) is 38.6. The fourth-order valence-electron chi connectivity index (χ4n) is 3.59. The molecule has 2 aromatic carbocycles. The van der Waals surface area contributed by atoms with Crippen LogP contribution >= 0.6 is 0 Å². The van der Waals surface area contributed by atoms with Crippen molar-refractivity contribution in [2.75, 3.05) is 19.9 Å². The highest BCUT2D eigenvalue weighted by Crippen LogP contribution is 2.38. The molecule has 0 aliphatic carbocycles. The Balaban J connectivity index is 1.65. The van der Waals surface area contributed by atoms with Gasteiger partial charge in [0.05, 0.1) is 11.0 Å². The second kappa shape index (κ2) is 8.40. The Morgan fingerprint density at radius 1 is 1.03 bits per heavy atom. The first-order valence-electron chi connectivity index (χ1n) is 9.67. The van der Waals surface area contributed by atoms with Crippen LogP contribution in [0, 0.1) is 10.1 Å². The highest BCUT2D eigenvalue weighted by Gasteiger charge is 2.34. The molecule has 2 heterocycles. The predicted octanol–water partition coefficient (Wildman–Crippen LogP) is 3.23. The number of carbonyl (C=O) groups excluding carboxylic acids is 2. The molecule has 9 nitrogen and oxygen atoms in total. The number of hydrogen-bond donors (Lipinski definition) is 0. The molecule has 2 aromatic rings. The Labute approximate surface area is 172 Å². The van der Waals surface area contributed by atoms with E-state index in [1.165, 1.54) is 6.07 Å². The van der Waals surface area contributed by atoms with E-state index in [9.17, 15) is 19.7 Å². The summed E-state index contributed by atoms with van der Waals surface area (Å²) in [7, 11) is 0. The van der Waals surface area contributed by atoms with Gasteiger partial charge in [0.15, 0.2) is 11.5 Å². The molecule has 0 aromatic heterocycles. The molecule has 0 saturated carbocycles. The van der Waals surface area contributed by atoms with Crippen LogP contribution in [0.4, 0.5) is 5.69 Å². The Bertz CT molecular complexity index is 971. The van der Waals surface area contributed by atoms with Crippen molar-refractivity contribution in [1.29, 1.82) is 0 Å². The molecule has 0 bridgehead atoms. The molecule has 0 N–H and O–H groups in total. The number of hydrogen-bond acceptors (Lipinski definition) is 7. The van der Waals surface area contributed by atoms with Crippen molar-refractivity contribution in [2.24, 2.45) is 0 Å². The van der Waals surface area contributed by atoms with Crippen molar-refractivity contribution in [3.63, 3.8) is 0 Å². The minimum atomic E-state index is -1.19. The quantitative estimate of drug-likeness (QED) is 0.421. The molecule has 1 fully saturated rings. The van der Waals surface area contributed by atoms with E-state index >= 15 is 0 Å². The van der Waals surface area contributed by atoms with Crippen LogP contribution < -0.4 is 9.47 Å². The summed E-state index contributed by atoms with van der Waals surface area (Å²) in [6.07, 6.45) is 1.62. The molecule has 30 heavy (non-hydrogen) atoms. The van der Waals surface area contributed by atoms with Gasteiger partial charge in [0.1, 0.15) is 5.56 Å². The SMILES string of the molecule is O=C(O[C@H](C(=O)N1CCCCC1)c1ccccc1)c1cc2c(cc1[N+](=O)[O-])OCO2. The number of amides is 1. The number of ether oxygens (including phenoxy) is 3. The Morgan fingerprint density at radius 3 is 2.37 bits per heavy atom. The molecular weight excluding hydrogens is 392 g/mol. The third kappa shape index (κ3) is 3.91. The van der Waals surface area contributed by atoms with Gasteiger partial charge in [0.25, 0.3) is 11.6 Å². The van der Waals surface area contributed by atoms with Gasteiger partial charge in [-0.2, -0.15) is 0 Å². The molecule has 0 spiro atoms. The maximum Gasteiger partial charge on any atom is 0.346 e. The average Bonchev–Trinajstić information content (AvgIpc) is 3.25. The summed E-state index contributed by atoms with van der Waals surface area (Å²) in [5.74, 6) is -0.912. The van der Waals surface area contributed by atoms with Gasteiger partial charge in [-0.15, -0.1) is 0 Å². The number of piperidine rings is 1. The minimum Gasteiger partial charge on any atom is -0.454 e. The number of nitrogens with zero attached hydrogens (tertiary/aromatic N) is 2. The maximum absolute atomic E-state index is 13.1. The van der Waals surface area contributed by atoms with Crippen molar-refractivity contribution >= 4 is 17.6 Å². The highest BCUT2D eigenvalue weighted by atomic mass is 16.7. The number of nitro groups is 1. The van der Waals surface area contributed by atoms with E-state index in [0.29, 0.717) is 18.7 Å². The van der Waals surface area contributed by atoms with Crippen molar-refractivity contribution in [2.45, 2.75) is 25.4 Å². The number of carbonyl (C=O) groups is 2. The van der Waals surface area contributed by atoms with Crippen LogP contribution in [0.15, 0.2) is 42.5 Å². The summed E-state index contributed by atoms with van der Waals surface area (Å²) < 4.78 is 15.9. The second-order valence-electron chi connectivity index (χ2n) is 7.06. The Kier molecular flexibility index (Phi) is 5.51. The van der Waals surface area contributed by atoms with Crippen LogP contribution in [0.1, 0.15) is 41.3 Å². The molecule has 2 aliphatic rings. The lowest BCUT2D eigenvalue weighted by molar-refractivity contribution is -0.385. The van der Waals surface area contributed by atoms with E-state index in [4.69, 9.17) is 14.2 Å². The Morgan fingerprint density at radius 2 is 1.70 bits per heavy atom. The fourth-order valence-corrected chi connectivity index (χ4v) is 3.59. The predicted molar refractivity (Wildman–Crippen MR) is 104 cm³/mol. The van der Waals surface area contributed by atoms with Gasteiger partial charge in [-0.25, -0.2) is 4.79 Å². The van der Waals surface area contributed by atoms with Crippen molar-refractivity contribution in [3.05, 3.63) is 63.7 Å². The molecule has 0 radical (unpaired) electrons. The molecule has 0 unspecified atom stereocenters. The van der Waals surface area contributed by atoms with E-state index < -0.39 is 22.7 Å². The fraction of sp³-hybridized carbons (Fsp3) is 0.333. The first kappa shape index (κ1) is 19.7. The summed E-state index contributed by atoms with van der Waals surface area (Å²) in [6.45, 7) is 1.08. The number of esters is 1. The van der Waals surface area contributed by atoms with Crippen LogP contribution in [0.3, 0.4) is 0 Å². The Hall–Kier alpha value is -3.62. The second-order valence-corrected chi connectivity index (χ2v) is 7.06. The van der Waals surface area contributed by atoms with Gasteiger partial charge in [-0.05, 0) is 19.3 Å². The molecule has 2 aliphatic heterocycles. The van der Waals surface area contributed by atoms with Gasteiger partial charge in [-0.3, -0.25) is 14.9 Å². The lowest BCUT2D eigenvalue weighted by atomic mass is 10.1. The van der Waals surface area contributed by atoms with Crippen LogP contribution in [0.25, 0.3) is 0 Å². The van der Waals surface area contributed by atoms with Gasteiger partial charge < -0.3 is 19.1 Å². The van der Waals surface area contributed by atoms with Crippen LogP contribution in [-0.2, 0) is 9.53 Å². The van der Waals surface area contributed by atoms with Gasteiger partial charge >= 0.3 is 5.97 Å². The molecule has 156 valence electrons. The standard InChI is InChI=1S/C21H20N2O7/c24-20(22-9-5-2-6-10-22)19(14-7-3-1-4-8-14)30-21(25)15-11-17-18(29-13-28-17)12-16(15)23(26)27/h1,3-4,7-8,11-12,19H,2,5-6,9-10,13H2/t19-/m0/s1. The zero-order valence-corrected chi connectivity index (χ0v) is 16.1.